The second-order valence-corrected chi connectivity index (χ2v) is 5.56. The van der Waals surface area contributed by atoms with E-state index in [1.165, 1.54) is 0 Å². The normalized spacial score (nSPS) is 18.3. The molecule has 2 aromatic rings. The van der Waals surface area contributed by atoms with Crippen LogP contribution in [0.1, 0.15) is 18.4 Å². The van der Waals surface area contributed by atoms with Gasteiger partial charge in [0.2, 0.25) is 0 Å². The summed E-state index contributed by atoms with van der Waals surface area (Å²) in [6.45, 7) is 2.06. The number of fused-ring (bicyclic) bond motifs is 1. The molecule has 0 amide bonds. The largest absolute Gasteiger partial charge is 0.396 e. The highest BCUT2D eigenvalue weighted by atomic mass is 16.3. The number of anilines is 1. The lowest BCUT2D eigenvalue weighted by molar-refractivity contribution is 0.263. The molecule has 110 valence electrons. The molecule has 0 saturated carbocycles. The molecular formula is C16H20N4O. The lowest BCUT2D eigenvalue weighted by Crippen LogP contribution is -2.25. The first-order valence-corrected chi connectivity index (χ1v) is 7.28. The topological polar surface area (TPSA) is 86.2 Å². The second-order valence-electron chi connectivity index (χ2n) is 5.56. The number of nitrogen functional groups attached to an aromatic ring is 1. The van der Waals surface area contributed by atoms with E-state index in [9.17, 15) is 0 Å². The van der Waals surface area contributed by atoms with Crippen LogP contribution in [0.25, 0.3) is 10.9 Å². The van der Waals surface area contributed by atoms with Crippen molar-refractivity contribution in [3.63, 3.8) is 0 Å². The van der Waals surface area contributed by atoms with Gasteiger partial charge < -0.3 is 15.7 Å². The van der Waals surface area contributed by atoms with Gasteiger partial charge in [0, 0.05) is 31.3 Å². The zero-order valence-corrected chi connectivity index (χ0v) is 11.9. The van der Waals surface area contributed by atoms with Gasteiger partial charge in [0.05, 0.1) is 16.8 Å². The fourth-order valence-corrected chi connectivity index (χ4v) is 3.12. The molecule has 4 N–H and O–H groups in total. The Kier molecular flexibility index (Phi) is 3.75. The molecule has 0 spiro atoms. The molecule has 1 fully saturated rings. The van der Waals surface area contributed by atoms with Gasteiger partial charge in [-0.3, -0.25) is 10.4 Å². The van der Waals surface area contributed by atoms with Crippen LogP contribution in [0.3, 0.4) is 0 Å². The van der Waals surface area contributed by atoms with E-state index < -0.39 is 0 Å². The Hall–Kier alpha value is -2.14. The maximum atomic E-state index is 9.12. The van der Waals surface area contributed by atoms with Crippen LogP contribution in [0.4, 0.5) is 5.69 Å². The number of para-hydroxylation sites is 1. The van der Waals surface area contributed by atoms with Gasteiger partial charge in [-0.2, -0.15) is 0 Å². The van der Waals surface area contributed by atoms with E-state index in [1.807, 2.05) is 24.3 Å². The number of nitrogens with one attached hydrogen (secondary N) is 1. The van der Waals surface area contributed by atoms with Crippen molar-refractivity contribution in [2.45, 2.75) is 12.8 Å². The Labute approximate surface area is 123 Å². The van der Waals surface area contributed by atoms with Crippen LogP contribution in [-0.4, -0.2) is 35.6 Å². The first kappa shape index (κ1) is 13.8. The zero-order chi connectivity index (χ0) is 14.8. The van der Waals surface area contributed by atoms with Gasteiger partial charge in [-0.05, 0) is 24.8 Å². The Morgan fingerprint density at radius 1 is 1.43 bits per heavy atom. The number of aromatic nitrogens is 1. The zero-order valence-electron chi connectivity index (χ0n) is 11.9. The summed E-state index contributed by atoms with van der Waals surface area (Å²) in [5.74, 6) is 0.551. The standard InChI is InChI=1S/C16H20N4O/c17-16(18)13-9-19-14-4-2-1-3-12(14)15(13)20-7-5-11(10-20)6-8-21/h1-4,9,11,21H,5-8,10H2,(H3,17,18). The molecule has 21 heavy (non-hydrogen) atoms. The minimum absolute atomic E-state index is 0.0499. The molecule has 0 bridgehead atoms. The number of aliphatic hydroxyl groups is 1. The quantitative estimate of drug-likeness (QED) is 0.589. The van der Waals surface area contributed by atoms with E-state index in [0.29, 0.717) is 11.5 Å². The summed E-state index contributed by atoms with van der Waals surface area (Å²) in [4.78, 5) is 6.68. The third kappa shape index (κ3) is 2.56. The molecule has 0 radical (unpaired) electrons. The minimum atomic E-state index is 0.0499. The van der Waals surface area contributed by atoms with E-state index in [1.54, 1.807) is 6.20 Å². The lowest BCUT2D eigenvalue weighted by atomic mass is 10.1. The van der Waals surface area contributed by atoms with Crippen LogP contribution >= 0.6 is 0 Å². The van der Waals surface area contributed by atoms with Crippen LogP contribution < -0.4 is 10.6 Å². The third-order valence-corrected chi connectivity index (χ3v) is 4.18. The van der Waals surface area contributed by atoms with E-state index in [2.05, 4.69) is 9.88 Å². The second kappa shape index (κ2) is 5.69. The van der Waals surface area contributed by atoms with Crippen LogP contribution in [-0.2, 0) is 0 Å². The molecule has 1 saturated heterocycles. The highest BCUT2D eigenvalue weighted by Gasteiger charge is 2.26. The van der Waals surface area contributed by atoms with Crippen LogP contribution in [0.5, 0.6) is 0 Å². The Bertz CT molecular complexity index is 670. The molecule has 5 nitrogen and oxygen atoms in total. The van der Waals surface area contributed by atoms with Gasteiger partial charge >= 0.3 is 0 Å². The van der Waals surface area contributed by atoms with Crippen LogP contribution in [0.2, 0.25) is 0 Å². The van der Waals surface area contributed by atoms with Gasteiger partial charge in [0.25, 0.3) is 0 Å². The maximum Gasteiger partial charge on any atom is 0.126 e. The third-order valence-electron chi connectivity index (χ3n) is 4.18. The Morgan fingerprint density at radius 2 is 2.24 bits per heavy atom. The number of nitrogens with zero attached hydrogens (tertiary/aromatic N) is 2. The lowest BCUT2D eigenvalue weighted by Gasteiger charge is -2.23. The molecular weight excluding hydrogens is 264 g/mol. The van der Waals surface area contributed by atoms with Crippen molar-refractivity contribution in [3.05, 3.63) is 36.0 Å². The number of hydrogen-bond donors (Lipinski definition) is 3. The smallest absolute Gasteiger partial charge is 0.126 e. The fraction of sp³-hybridized carbons (Fsp3) is 0.375. The SMILES string of the molecule is N=C(N)c1cnc2ccccc2c1N1CCC(CCO)C1. The average molecular weight is 284 g/mol. The van der Waals surface area contributed by atoms with Gasteiger partial charge in [0.1, 0.15) is 5.84 Å². The Morgan fingerprint density at radius 3 is 3.00 bits per heavy atom. The van der Waals surface area contributed by atoms with E-state index in [-0.39, 0.29) is 12.4 Å². The molecule has 1 aliphatic heterocycles. The maximum absolute atomic E-state index is 9.12. The number of rotatable bonds is 4. The van der Waals surface area contributed by atoms with Gasteiger partial charge in [0.15, 0.2) is 0 Å². The molecule has 0 aliphatic carbocycles. The van der Waals surface area contributed by atoms with E-state index >= 15 is 0 Å². The number of benzene rings is 1. The molecule has 2 heterocycles. The van der Waals surface area contributed by atoms with Gasteiger partial charge in [-0.1, -0.05) is 18.2 Å². The molecule has 5 heteroatoms. The first-order chi connectivity index (χ1) is 10.2. The summed E-state index contributed by atoms with van der Waals surface area (Å²) in [7, 11) is 0. The molecule has 1 atom stereocenters. The van der Waals surface area contributed by atoms with Crippen molar-refractivity contribution >= 4 is 22.4 Å². The highest BCUT2D eigenvalue weighted by molar-refractivity contribution is 6.07. The van der Waals surface area contributed by atoms with E-state index in [4.69, 9.17) is 16.2 Å². The number of aliphatic hydroxyl groups excluding tert-OH is 1. The van der Waals surface area contributed by atoms with Crippen molar-refractivity contribution in [2.75, 3.05) is 24.6 Å². The van der Waals surface area contributed by atoms with Crippen molar-refractivity contribution in [1.82, 2.24) is 4.98 Å². The summed E-state index contributed by atoms with van der Waals surface area (Å²) in [5.41, 5.74) is 8.36. The summed E-state index contributed by atoms with van der Waals surface area (Å²) in [6, 6.07) is 7.96. The monoisotopic (exact) mass is 284 g/mol. The highest BCUT2D eigenvalue weighted by Crippen LogP contribution is 2.33. The predicted molar refractivity (Wildman–Crippen MR) is 84.8 cm³/mol. The summed E-state index contributed by atoms with van der Waals surface area (Å²) >= 11 is 0. The number of nitrogens with two attached hydrogens (primary N) is 1. The van der Waals surface area contributed by atoms with Crippen molar-refractivity contribution in [3.8, 4) is 0 Å². The van der Waals surface area contributed by atoms with Gasteiger partial charge in [-0.25, -0.2) is 0 Å². The van der Waals surface area contributed by atoms with Crippen LogP contribution in [0.15, 0.2) is 30.5 Å². The van der Waals surface area contributed by atoms with E-state index in [0.717, 1.165) is 42.5 Å². The van der Waals surface area contributed by atoms with Crippen molar-refractivity contribution in [1.29, 1.82) is 5.41 Å². The summed E-state index contributed by atoms with van der Waals surface area (Å²) < 4.78 is 0. The Balaban J connectivity index is 2.07. The number of hydrogen-bond acceptors (Lipinski definition) is 4. The summed E-state index contributed by atoms with van der Waals surface area (Å²) in [5, 5.41) is 18.0. The van der Waals surface area contributed by atoms with Crippen molar-refractivity contribution in [2.24, 2.45) is 11.7 Å². The van der Waals surface area contributed by atoms with Crippen LogP contribution in [0, 0.1) is 11.3 Å². The minimum Gasteiger partial charge on any atom is -0.396 e. The molecule has 1 aromatic heterocycles. The first-order valence-electron chi connectivity index (χ1n) is 7.28. The molecule has 3 rings (SSSR count). The molecule has 1 unspecified atom stereocenters. The number of pyridine rings is 1. The summed E-state index contributed by atoms with van der Waals surface area (Å²) in [6.07, 6.45) is 3.59. The van der Waals surface area contributed by atoms with Gasteiger partial charge in [-0.15, -0.1) is 0 Å². The average Bonchev–Trinajstić information content (AvgIpc) is 2.94. The molecule has 1 aliphatic rings. The fourth-order valence-electron chi connectivity index (χ4n) is 3.12. The molecule has 1 aromatic carbocycles. The number of amidine groups is 1. The van der Waals surface area contributed by atoms with Crippen molar-refractivity contribution < 1.29 is 5.11 Å². The predicted octanol–water partition coefficient (Wildman–Crippen LogP) is 1.73.